The molecule has 0 unspecified atom stereocenters. The highest BCUT2D eigenvalue weighted by molar-refractivity contribution is 5.87. The van der Waals surface area contributed by atoms with Gasteiger partial charge >= 0.3 is 5.97 Å². The summed E-state index contributed by atoms with van der Waals surface area (Å²) in [6.45, 7) is 0. The zero-order valence-corrected chi connectivity index (χ0v) is 5.61. The molecule has 3 heteroatoms. The molecular formula is C8H5NO2. The second-order valence-corrected chi connectivity index (χ2v) is 1.77. The molecule has 0 radical (unpaired) electrons. The maximum absolute atomic E-state index is 9.97. The van der Waals surface area contributed by atoms with Gasteiger partial charge in [0, 0.05) is 12.1 Å². The molecule has 11 heavy (non-hydrogen) atoms. The Morgan fingerprint density at radius 3 is 2.91 bits per heavy atom. The van der Waals surface area contributed by atoms with Crippen molar-refractivity contribution in [2.24, 2.45) is 0 Å². The van der Waals surface area contributed by atoms with Crippen LogP contribution in [0.5, 0.6) is 0 Å². The molecule has 0 aliphatic carbocycles. The summed E-state index contributed by atoms with van der Waals surface area (Å²) < 4.78 is 0. The van der Waals surface area contributed by atoms with E-state index in [9.17, 15) is 4.79 Å². The van der Waals surface area contributed by atoms with E-state index in [1.165, 1.54) is 0 Å². The fourth-order valence-electron chi connectivity index (χ4n) is 0.554. The molecule has 0 saturated carbocycles. The van der Waals surface area contributed by atoms with Gasteiger partial charge in [0.15, 0.2) is 0 Å². The second-order valence-electron chi connectivity index (χ2n) is 1.77. The van der Waals surface area contributed by atoms with Crippen molar-refractivity contribution in [3.63, 3.8) is 0 Å². The van der Waals surface area contributed by atoms with Crippen LogP contribution in [0.3, 0.4) is 0 Å². The first-order valence-electron chi connectivity index (χ1n) is 2.95. The molecule has 1 aromatic heterocycles. The molecule has 1 heterocycles. The number of aliphatic carboxylic acids is 1. The predicted octanol–water partition coefficient (Wildman–Crippen LogP) is 0.518. The van der Waals surface area contributed by atoms with Gasteiger partial charge in [-0.3, -0.25) is 0 Å². The molecular weight excluding hydrogens is 142 g/mol. The Balaban J connectivity index is 2.83. The number of carboxylic acid groups (broad SMARTS) is 1. The molecule has 0 fully saturated rings. The third-order valence-electron chi connectivity index (χ3n) is 0.962. The summed E-state index contributed by atoms with van der Waals surface area (Å²) in [4.78, 5) is 13.8. The van der Waals surface area contributed by atoms with Crippen LogP contribution >= 0.6 is 0 Å². The van der Waals surface area contributed by atoms with E-state index in [0.717, 1.165) is 0 Å². The van der Waals surface area contributed by atoms with E-state index in [4.69, 9.17) is 5.11 Å². The molecule has 1 rings (SSSR count). The normalized spacial score (nSPS) is 8.00. The van der Waals surface area contributed by atoms with E-state index in [2.05, 4.69) is 10.9 Å². The number of carbonyl (C=O) groups is 1. The van der Waals surface area contributed by atoms with Gasteiger partial charge in [-0.1, -0.05) is 6.07 Å². The Labute approximate surface area is 63.7 Å². The number of rotatable bonds is 0. The molecule has 1 aromatic rings. The minimum Gasteiger partial charge on any atom is -0.472 e. The van der Waals surface area contributed by atoms with Gasteiger partial charge in [0.05, 0.1) is 0 Å². The average molecular weight is 147 g/mol. The largest absolute Gasteiger partial charge is 0.472 e. The van der Waals surface area contributed by atoms with Crippen LogP contribution in [0.4, 0.5) is 0 Å². The minimum absolute atomic E-state index is 0.468. The van der Waals surface area contributed by atoms with Crippen LogP contribution in [0.15, 0.2) is 24.4 Å². The second kappa shape index (κ2) is 3.37. The van der Waals surface area contributed by atoms with Crippen molar-refractivity contribution in [2.45, 2.75) is 0 Å². The molecule has 3 nitrogen and oxygen atoms in total. The number of nitrogens with zero attached hydrogens (tertiary/aromatic N) is 1. The van der Waals surface area contributed by atoms with Crippen LogP contribution in [0.2, 0.25) is 0 Å². The van der Waals surface area contributed by atoms with Gasteiger partial charge in [0.25, 0.3) is 0 Å². The first kappa shape index (κ1) is 7.29. The number of carboxylic acids is 1. The van der Waals surface area contributed by atoms with Crippen LogP contribution in [-0.2, 0) is 4.79 Å². The van der Waals surface area contributed by atoms with Crippen LogP contribution in [0.1, 0.15) is 5.69 Å². The van der Waals surface area contributed by atoms with Crippen LogP contribution in [0, 0.1) is 11.8 Å². The Morgan fingerprint density at radius 2 is 2.36 bits per heavy atom. The highest BCUT2D eigenvalue weighted by Gasteiger charge is 1.85. The summed E-state index contributed by atoms with van der Waals surface area (Å²) >= 11 is 0. The Kier molecular flexibility index (Phi) is 2.24. The zero-order valence-electron chi connectivity index (χ0n) is 5.61. The van der Waals surface area contributed by atoms with Crippen molar-refractivity contribution in [3.8, 4) is 11.8 Å². The van der Waals surface area contributed by atoms with E-state index in [1.807, 2.05) is 5.92 Å². The fourth-order valence-corrected chi connectivity index (χ4v) is 0.554. The van der Waals surface area contributed by atoms with Crippen molar-refractivity contribution in [3.05, 3.63) is 30.1 Å². The maximum atomic E-state index is 9.97. The van der Waals surface area contributed by atoms with E-state index >= 15 is 0 Å². The molecule has 0 atom stereocenters. The summed E-state index contributed by atoms with van der Waals surface area (Å²) in [5.41, 5.74) is 0.468. The van der Waals surface area contributed by atoms with Gasteiger partial charge in [0.1, 0.15) is 5.69 Å². The first-order chi connectivity index (χ1) is 5.29. The van der Waals surface area contributed by atoms with E-state index < -0.39 is 5.97 Å². The van der Waals surface area contributed by atoms with Crippen molar-refractivity contribution < 1.29 is 9.90 Å². The van der Waals surface area contributed by atoms with E-state index in [1.54, 1.807) is 24.4 Å². The van der Waals surface area contributed by atoms with Crippen molar-refractivity contribution >= 4 is 5.97 Å². The Hall–Kier alpha value is -1.82. The Bertz CT molecular complexity index is 308. The summed E-state index contributed by atoms with van der Waals surface area (Å²) in [6.07, 6.45) is 1.56. The lowest BCUT2D eigenvalue weighted by Crippen LogP contribution is -1.87. The van der Waals surface area contributed by atoms with Gasteiger partial charge < -0.3 is 5.11 Å². The molecule has 0 aromatic carbocycles. The highest BCUT2D eigenvalue weighted by Crippen LogP contribution is 1.88. The molecule has 0 aliphatic rings. The van der Waals surface area contributed by atoms with Crippen LogP contribution in [0.25, 0.3) is 0 Å². The van der Waals surface area contributed by atoms with Crippen molar-refractivity contribution in [2.75, 3.05) is 0 Å². The predicted molar refractivity (Wildman–Crippen MR) is 38.8 cm³/mol. The average Bonchev–Trinajstić information content (AvgIpc) is 2.03. The monoisotopic (exact) mass is 147 g/mol. The van der Waals surface area contributed by atoms with Crippen LogP contribution < -0.4 is 0 Å². The molecule has 0 saturated heterocycles. The summed E-state index contributed by atoms with van der Waals surface area (Å²) in [6, 6.07) is 5.14. The third-order valence-corrected chi connectivity index (χ3v) is 0.962. The standard InChI is InChI=1S/C8H5NO2/c10-8(11)5-4-7-3-1-2-6-9-7/h1-3,6H,(H,10,11). The summed E-state index contributed by atoms with van der Waals surface area (Å²) in [5.74, 6) is 3.21. The maximum Gasteiger partial charge on any atom is 0.382 e. The number of aromatic nitrogens is 1. The van der Waals surface area contributed by atoms with Gasteiger partial charge in [-0.05, 0) is 18.1 Å². The van der Waals surface area contributed by atoms with Crippen LogP contribution in [-0.4, -0.2) is 16.1 Å². The molecule has 0 aliphatic heterocycles. The van der Waals surface area contributed by atoms with E-state index in [0.29, 0.717) is 5.69 Å². The number of pyridine rings is 1. The van der Waals surface area contributed by atoms with Gasteiger partial charge in [-0.15, -0.1) is 0 Å². The fraction of sp³-hybridized carbons (Fsp3) is 0. The van der Waals surface area contributed by atoms with Gasteiger partial charge in [0.2, 0.25) is 0 Å². The smallest absolute Gasteiger partial charge is 0.382 e. The molecule has 54 valence electrons. The Morgan fingerprint density at radius 1 is 1.55 bits per heavy atom. The van der Waals surface area contributed by atoms with Crippen molar-refractivity contribution in [1.29, 1.82) is 0 Å². The number of hydrogen-bond acceptors (Lipinski definition) is 2. The molecule has 0 spiro atoms. The summed E-state index contributed by atoms with van der Waals surface area (Å²) in [7, 11) is 0. The SMILES string of the molecule is O=C(O)C#Cc1ccccn1. The topological polar surface area (TPSA) is 50.2 Å². The lowest BCUT2D eigenvalue weighted by atomic mass is 10.3. The van der Waals surface area contributed by atoms with Gasteiger partial charge in [-0.25, -0.2) is 9.78 Å². The lowest BCUT2D eigenvalue weighted by Gasteiger charge is -1.83. The van der Waals surface area contributed by atoms with E-state index in [-0.39, 0.29) is 0 Å². The lowest BCUT2D eigenvalue weighted by molar-refractivity contribution is -0.130. The molecule has 0 bridgehead atoms. The van der Waals surface area contributed by atoms with Gasteiger partial charge in [-0.2, -0.15) is 0 Å². The molecule has 0 amide bonds. The zero-order chi connectivity index (χ0) is 8.10. The first-order valence-corrected chi connectivity index (χ1v) is 2.95. The third kappa shape index (κ3) is 2.50. The quantitative estimate of drug-likeness (QED) is 0.544. The number of hydrogen-bond donors (Lipinski definition) is 1. The minimum atomic E-state index is -1.14. The van der Waals surface area contributed by atoms with Crippen molar-refractivity contribution in [1.82, 2.24) is 4.98 Å². The highest BCUT2D eigenvalue weighted by atomic mass is 16.4. The molecule has 1 N–H and O–H groups in total. The summed E-state index contributed by atoms with van der Waals surface area (Å²) in [5, 5.41) is 8.17.